The van der Waals surface area contributed by atoms with E-state index in [0.29, 0.717) is 34.9 Å². The normalized spacial score (nSPS) is 11.0. The number of rotatable bonds is 9. The number of hydrogen-bond donors (Lipinski definition) is 0. The average molecular weight is 770 g/mol. The second-order valence-electron chi connectivity index (χ2n) is 14.2. The lowest BCUT2D eigenvalue weighted by Gasteiger charge is -2.16. The Morgan fingerprint density at radius 1 is 0.217 bits per heavy atom. The summed E-state index contributed by atoms with van der Waals surface area (Å²) in [6.45, 7) is 0. The lowest BCUT2D eigenvalue weighted by Crippen LogP contribution is -2.01. The molecule has 10 aromatic rings. The average Bonchev–Trinajstić information content (AvgIpc) is 3.35. The molecule has 7 heteroatoms. The maximum absolute atomic E-state index is 5.06. The van der Waals surface area contributed by atoms with E-state index in [-0.39, 0.29) is 0 Å². The van der Waals surface area contributed by atoms with E-state index in [4.69, 9.17) is 29.9 Å². The molecule has 0 aliphatic carbocycles. The van der Waals surface area contributed by atoms with Gasteiger partial charge in [-0.3, -0.25) is 4.98 Å². The molecular formula is C53H35N7. The Labute approximate surface area is 347 Å². The lowest BCUT2D eigenvalue weighted by molar-refractivity contribution is 1.07. The summed E-state index contributed by atoms with van der Waals surface area (Å²) < 4.78 is 0. The van der Waals surface area contributed by atoms with Crippen molar-refractivity contribution in [3.63, 3.8) is 0 Å². The van der Waals surface area contributed by atoms with E-state index in [2.05, 4.69) is 71.7 Å². The fourth-order valence-electron chi connectivity index (χ4n) is 7.32. The van der Waals surface area contributed by atoms with Gasteiger partial charge in [0.2, 0.25) is 0 Å². The van der Waals surface area contributed by atoms with Crippen molar-refractivity contribution in [2.75, 3.05) is 0 Å². The van der Waals surface area contributed by atoms with E-state index >= 15 is 0 Å². The van der Waals surface area contributed by atoms with Crippen LogP contribution in [0.1, 0.15) is 0 Å². The minimum Gasteiger partial charge on any atom is -0.264 e. The molecule has 282 valence electrons. The smallest absolute Gasteiger partial charge is 0.164 e. The SMILES string of the molecule is c1ccc(-c2nc(-c3ccccc3)nc(-c3ccc(-c4ccc(-c5ccccc5-c5nc(-c6ccccc6)nc(-c6ccccc6)n5)cc4-c4cccnc4)cc3)n2)cc1. The molecule has 3 aromatic heterocycles. The maximum Gasteiger partial charge on any atom is 0.164 e. The monoisotopic (exact) mass is 769 g/mol. The van der Waals surface area contributed by atoms with E-state index in [1.165, 1.54) is 0 Å². The molecule has 0 amide bonds. The molecule has 0 atom stereocenters. The van der Waals surface area contributed by atoms with Crippen LogP contribution in [0, 0.1) is 0 Å². The molecule has 0 fully saturated rings. The third kappa shape index (κ3) is 7.46. The summed E-state index contributed by atoms with van der Waals surface area (Å²) in [5, 5.41) is 0. The van der Waals surface area contributed by atoms with Crippen molar-refractivity contribution >= 4 is 0 Å². The van der Waals surface area contributed by atoms with Crippen LogP contribution in [0.3, 0.4) is 0 Å². The number of benzene rings is 7. The standard InChI is InChI=1S/C53H35N7/c1-5-16-37(17-6-1)48-55-49(38-18-7-2-8-19-38)57-52(56-48)41-29-27-36(28-30-41)45-32-31-42(34-47(45)43-24-15-33-54-35-43)44-25-13-14-26-46(44)53-59-50(39-20-9-3-10-21-39)58-51(60-53)40-22-11-4-12-23-40/h1-35H. The second-order valence-corrected chi connectivity index (χ2v) is 14.2. The van der Waals surface area contributed by atoms with Gasteiger partial charge in [-0.15, -0.1) is 0 Å². The predicted octanol–water partition coefficient (Wildman–Crippen LogP) is 12.5. The lowest BCUT2D eigenvalue weighted by atomic mass is 9.90. The summed E-state index contributed by atoms with van der Waals surface area (Å²) in [5.74, 6) is 3.71. The van der Waals surface area contributed by atoms with Gasteiger partial charge in [0, 0.05) is 51.3 Å². The predicted molar refractivity (Wildman–Crippen MR) is 240 cm³/mol. The van der Waals surface area contributed by atoms with Crippen molar-refractivity contribution in [2.24, 2.45) is 0 Å². The van der Waals surface area contributed by atoms with E-state index in [1.54, 1.807) is 6.20 Å². The van der Waals surface area contributed by atoms with Crippen molar-refractivity contribution in [1.82, 2.24) is 34.9 Å². The van der Waals surface area contributed by atoms with Gasteiger partial charge in [0.25, 0.3) is 0 Å². The Morgan fingerprint density at radius 2 is 0.567 bits per heavy atom. The number of pyridine rings is 1. The number of hydrogen-bond acceptors (Lipinski definition) is 7. The molecule has 0 saturated heterocycles. The minimum atomic E-state index is 0.602. The summed E-state index contributed by atoms with van der Waals surface area (Å²) in [5.41, 5.74) is 11.7. The molecule has 0 N–H and O–H groups in total. The molecule has 0 aliphatic heterocycles. The number of nitrogens with zero attached hydrogens (tertiary/aromatic N) is 7. The van der Waals surface area contributed by atoms with Crippen LogP contribution in [0.2, 0.25) is 0 Å². The Bertz CT molecular complexity index is 2940. The van der Waals surface area contributed by atoms with Gasteiger partial charge in [-0.25, -0.2) is 29.9 Å². The Kier molecular flexibility index (Phi) is 9.79. The minimum absolute atomic E-state index is 0.602. The fourth-order valence-corrected chi connectivity index (χ4v) is 7.32. The zero-order chi connectivity index (χ0) is 40.1. The van der Waals surface area contributed by atoms with Crippen LogP contribution >= 0.6 is 0 Å². The highest BCUT2D eigenvalue weighted by Crippen LogP contribution is 2.39. The Balaban J connectivity index is 1.06. The summed E-state index contributed by atoms with van der Waals surface area (Å²) in [7, 11) is 0. The third-order valence-electron chi connectivity index (χ3n) is 10.3. The first kappa shape index (κ1) is 36.1. The van der Waals surface area contributed by atoms with Crippen LogP contribution in [-0.2, 0) is 0 Å². The van der Waals surface area contributed by atoms with Gasteiger partial charge in [-0.05, 0) is 39.9 Å². The largest absolute Gasteiger partial charge is 0.264 e. The highest BCUT2D eigenvalue weighted by Gasteiger charge is 2.18. The van der Waals surface area contributed by atoms with E-state index < -0.39 is 0 Å². The molecule has 0 spiro atoms. The van der Waals surface area contributed by atoms with Gasteiger partial charge in [0.05, 0.1) is 0 Å². The highest BCUT2D eigenvalue weighted by atomic mass is 15.0. The van der Waals surface area contributed by atoms with Crippen LogP contribution < -0.4 is 0 Å². The fraction of sp³-hybridized carbons (Fsp3) is 0. The molecule has 7 aromatic carbocycles. The first-order valence-corrected chi connectivity index (χ1v) is 19.7. The molecular weight excluding hydrogens is 735 g/mol. The van der Waals surface area contributed by atoms with Gasteiger partial charge >= 0.3 is 0 Å². The molecule has 60 heavy (non-hydrogen) atoms. The summed E-state index contributed by atoms with van der Waals surface area (Å²) >= 11 is 0. The van der Waals surface area contributed by atoms with E-state index in [9.17, 15) is 0 Å². The van der Waals surface area contributed by atoms with Crippen molar-refractivity contribution in [2.45, 2.75) is 0 Å². The van der Waals surface area contributed by atoms with Crippen molar-refractivity contribution in [3.05, 3.63) is 213 Å². The molecule has 0 aliphatic rings. The second kappa shape index (κ2) is 16.3. The Morgan fingerprint density at radius 3 is 1.02 bits per heavy atom. The topological polar surface area (TPSA) is 90.2 Å². The van der Waals surface area contributed by atoms with Crippen molar-refractivity contribution in [3.8, 4) is 102 Å². The third-order valence-corrected chi connectivity index (χ3v) is 10.3. The summed E-state index contributed by atoms with van der Waals surface area (Å²) in [4.78, 5) is 34.3. The molecule has 3 heterocycles. The van der Waals surface area contributed by atoms with Crippen LogP contribution in [0.15, 0.2) is 213 Å². The zero-order valence-electron chi connectivity index (χ0n) is 32.3. The zero-order valence-corrected chi connectivity index (χ0v) is 32.3. The molecule has 0 saturated carbocycles. The summed E-state index contributed by atoms with van der Waals surface area (Å²) in [6, 6.07) is 67.5. The van der Waals surface area contributed by atoms with Gasteiger partial charge in [-0.1, -0.05) is 188 Å². The molecule has 0 bridgehead atoms. The first-order valence-electron chi connectivity index (χ1n) is 19.7. The molecule has 10 rings (SSSR count). The first-order chi connectivity index (χ1) is 29.7. The van der Waals surface area contributed by atoms with Gasteiger partial charge in [-0.2, -0.15) is 0 Å². The quantitative estimate of drug-likeness (QED) is 0.144. The highest BCUT2D eigenvalue weighted by molar-refractivity contribution is 5.90. The van der Waals surface area contributed by atoms with Gasteiger partial charge in [0.1, 0.15) is 0 Å². The Hall–Kier alpha value is -8.29. The van der Waals surface area contributed by atoms with Crippen molar-refractivity contribution in [1.29, 1.82) is 0 Å². The van der Waals surface area contributed by atoms with Crippen LogP contribution in [0.25, 0.3) is 102 Å². The molecule has 0 radical (unpaired) electrons. The van der Waals surface area contributed by atoms with E-state index in [0.717, 1.165) is 66.8 Å². The van der Waals surface area contributed by atoms with Crippen LogP contribution in [0.4, 0.5) is 0 Å². The maximum atomic E-state index is 5.06. The number of aromatic nitrogens is 7. The van der Waals surface area contributed by atoms with Crippen LogP contribution in [0.5, 0.6) is 0 Å². The van der Waals surface area contributed by atoms with Gasteiger partial charge in [0.15, 0.2) is 34.9 Å². The van der Waals surface area contributed by atoms with E-state index in [1.807, 2.05) is 140 Å². The summed E-state index contributed by atoms with van der Waals surface area (Å²) in [6.07, 6.45) is 3.71. The van der Waals surface area contributed by atoms with Crippen LogP contribution in [-0.4, -0.2) is 34.9 Å². The van der Waals surface area contributed by atoms with Gasteiger partial charge < -0.3 is 0 Å². The molecule has 0 unspecified atom stereocenters. The van der Waals surface area contributed by atoms with Crippen molar-refractivity contribution < 1.29 is 0 Å². The molecule has 7 nitrogen and oxygen atoms in total.